The maximum Gasteiger partial charge on any atom is 0.166 e. The third kappa shape index (κ3) is 6.29. The van der Waals surface area contributed by atoms with Crippen LogP contribution < -0.4 is 14.8 Å². The summed E-state index contributed by atoms with van der Waals surface area (Å²) < 4.78 is 11.9. The lowest BCUT2D eigenvalue weighted by atomic mass is 10.1. The molecule has 0 bridgehead atoms. The summed E-state index contributed by atoms with van der Waals surface area (Å²) >= 11 is 18.5. The van der Waals surface area contributed by atoms with E-state index in [-0.39, 0.29) is 0 Å². The van der Waals surface area contributed by atoms with Crippen molar-refractivity contribution in [3.63, 3.8) is 0 Å². The molecule has 0 radical (unpaired) electrons. The van der Waals surface area contributed by atoms with E-state index >= 15 is 0 Å². The van der Waals surface area contributed by atoms with E-state index in [0.29, 0.717) is 34.8 Å². The Morgan fingerprint density at radius 2 is 1.60 bits per heavy atom. The molecule has 0 aliphatic carbocycles. The number of ether oxygens (including phenoxy) is 2. The summed E-state index contributed by atoms with van der Waals surface area (Å²) in [6.07, 6.45) is 0.803. The van der Waals surface area contributed by atoms with Gasteiger partial charge in [0.05, 0.1) is 6.61 Å². The van der Waals surface area contributed by atoms with Crippen molar-refractivity contribution in [1.29, 1.82) is 0 Å². The molecule has 0 aliphatic heterocycles. The van der Waals surface area contributed by atoms with E-state index in [9.17, 15) is 0 Å². The standard InChI is InChI=1S/C24H24Cl3NO2/c1-2-29-23-9-5-7-18(24(23)30-16-19-6-3-4-8-21(19)26)15-28-13-12-17-10-11-20(25)14-22(17)27/h3-11,14,28H,2,12-13,15-16H2,1H3. The SMILES string of the molecule is CCOc1cccc(CNCCc2ccc(Cl)cc2Cl)c1OCc1ccccc1Cl. The number of halogens is 3. The first-order valence-electron chi connectivity index (χ1n) is 9.84. The van der Waals surface area contributed by atoms with Crippen molar-refractivity contribution in [2.24, 2.45) is 0 Å². The minimum absolute atomic E-state index is 0.372. The molecule has 0 atom stereocenters. The van der Waals surface area contributed by atoms with Crippen molar-refractivity contribution in [2.45, 2.75) is 26.5 Å². The van der Waals surface area contributed by atoms with Gasteiger partial charge in [0.1, 0.15) is 6.61 Å². The molecule has 6 heteroatoms. The molecule has 3 aromatic carbocycles. The fraction of sp³-hybridized carbons (Fsp3) is 0.250. The molecule has 0 heterocycles. The molecule has 1 N–H and O–H groups in total. The highest BCUT2D eigenvalue weighted by atomic mass is 35.5. The van der Waals surface area contributed by atoms with Gasteiger partial charge in [-0.2, -0.15) is 0 Å². The highest BCUT2D eigenvalue weighted by molar-refractivity contribution is 6.35. The summed E-state index contributed by atoms with van der Waals surface area (Å²) in [5.74, 6) is 1.46. The van der Waals surface area contributed by atoms with Gasteiger partial charge in [-0.05, 0) is 49.7 Å². The molecule has 0 saturated heterocycles. The molecular formula is C24H24Cl3NO2. The van der Waals surface area contributed by atoms with Crippen molar-refractivity contribution < 1.29 is 9.47 Å². The molecule has 0 saturated carbocycles. The predicted molar refractivity (Wildman–Crippen MR) is 125 cm³/mol. The number of para-hydroxylation sites is 1. The molecule has 0 fully saturated rings. The second kappa shape index (κ2) is 11.5. The van der Waals surface area contributed by atoms with Crippen molar-refractivity contribution >= 4 is 34.8 Å². The van der Waals surface area contributed by atoms with Crippen molar-refractivity contribution in [3.8, 4) is 11.5 Å². The first kappa shape index (κ1) is 22.8. The number of rotatable bonds is 10. The molecule has 3 nitrogen and oxygen atoms in total. The molecule has 3 aromatic rings. The average molecular weight is 465 g/mol. The lowest BCUT2D eigenvalue weighted by Gasteiger charge is -2.17. The van der Waals surface area contributed by atoms with Crippen LogP contribution in [0.2, 0.25) is 15.1 Å². The zero-order valence-electron chi connectivity index (χ0n) is 16.8. The smallest absolute Gasteiger partial charge is 0.166 e. The second-order valence-electron chi connectivity index (χ2n) is 6.72. The Hall–Kier alpha value is -1.91. The Morgan fingerprint density at radius 3 is 2.37 bits per heavy atom. The molecular weight excluding hydrogens is 441 g/mol. The number of benzene rings is 3. The van der Waals surface area contributed by atoms with E-state index in [1.54, 1.807) is 6.07 Å². The second-order valence-corrected chi connectivity index (χ2v) is 7.97. The van der Waals surface area contributed by atoms with Gasteiger partial charge in [-0.15, -0.1) is 0 Å². The van der Waals surface area contributed by atoms with E-state index in [4.69, 9.17) is 44.3 Å². The van der Waals surface area contributed by atoms with Crippen LogP contribution in [-0.4, -0.2) is 13.2 Å². The highest BCUT2D eigenvalue weighted by Crippen LogP contribution is 2.33. The van der Waals surface area contributed by atoms with Crippen molar-refractivity contribution in [3.05, 3.63) is 92.4 Å². The lowest BCUT2D eigenvalue weighted by Crippen LogP contribution is -2.17. The van der Waals surface area contributed by atoms with E-state index in [1.807, 2.05) is 61.5 Å². The minimum atomic E-state index is 0.372. The van der Waals surface area contributed by atoms with Crippen LogP contribution in [0.25, 0.3) is 0 Å². The molecule has 0 spiro atoms. The van der Waals surface area contributed by atoms with Gasteiger partial charge in [0.25, 0.3) is 0 Å². The van der Waals surface area contributed by atoms with Gasteiger partial charge in [-0.25, -0.2) is 0 Å². The Kier molecular flexibility index (Phi) is 8.71. The van der Waals surface area contributed by atoms with Crippen LogP contribution in [0.4, 0.5) is 0 Å². The zero-order chi connectivity index (χ0) is 21.3. The molecule has 0 aliphatic rings. The van der Waals surface area contributed by atoms with Crippen molar-refractivity contribution in [2.75, 3.05) is 13.2 Å². The zero-order valence-corrected chi connectivity index (χ0v) is 19.0. The predicted octanol–water partition coefficient (Wildman–Crippen LogP) is 6.96. The van der Waals surface area contributed by atoms with Crippen LogP contribution in [-0.2, 0) is 19.6 Å². The van der Waals surface area contributed by atoms with Crippen LogP contribution in [0.5, 0.6) is 11.5 Å². The summed E-state index contributed by atoms with van der Waals surface area (Å²) in [6, 6.07) is 19.2. The number of hydrogen-bond donors (Lipinski definition) is 1. The number of nitrogens with one attached hydrogen (secondary N) is 1. The first-order valence-corrected chi connectivity index (χ1v) is 11.0. The van der Waals surface area contributed by atoms with Gasteiger partial charge in [0.2, 0.25) is 0 Å². The van der Waals surface area contributed by atoms with E-state index < -0.39 is 0 Å². The first-order chi connectivity index (χ1) is 14.6. The average Bonchev–Trinajstić information content (AvgIpc) is 2.73. The number of hydrogen-bond acceptors (Lipinski definition) is 3. The maximum atomic E-state index is 6.27. The molecule has 0 unspecified atom stereocenters. The van der Waals surface area contributed by atoms with Crippen LogP contribution in [0.15, 0.2) is 60.7 Å². The van der Waals surface area contributed by atoms with Crippen LogP contribution in [0.1, 0.15) is 23.6 Å². The highest BCUT2D eigenvalue weighted by Gasteiger charge is 2.12. The fourth-order valence-electron chi connectivity index (χ4n) is 3.07. The largest absolute Gasteiger partial charge is 0.490 e. The Morgan fingerprint density at radius 1 is 0.800 bits per heavy atom. The van der Waals surface area contributed by atoms with Crippen LogP contribution in [0, 0.1) is 0 Å². The minimum Gasteiger partial charge on any atom is -0.490 e. The van der Waals surface area contributed by atoms with Crippen LogP contribution >= 0.6 is 34.8 Å². The maximum absolute atomic E-state index is 6.27. The summed E-state index contributed by atoms with van der Waals surface area (Å²) in [4.78, 5) is 0. The summed E-state index contributed by atoms with van der Waals surface area (Å²) in [6.45, 7) is 4.30. The van der Waals surface area contributed by atoms with E-state index in [0.717, 1.165) is 41.2 Å². The third-order valence-corrected chi connectivity index (χ3v) is 5.55. The summed E-state index contributed by atoms with van der Waals surface area (Å²) in [5.41, 5.74) is 3.02. The van der Waals surface area contributed by atoms with Gasteiger partial charge in [-0.1, -0.05) is 71.2 Å². The molecule has 3 rings (SSSR count). The summed E-state index contributed by atoms with van der Waals surface area (Å²) in [7, 11) is 0. The monoisotopic (exact) mass is 463 g/mol. The van der Waals surface area contributed by atoms with Gasteiger partial charge in [0.15, 0.2) is 11.5 Å². The Bertz CT molecular complexity index is 978. The third-order valence-electron chi connectivity index (χ3n) is 4.59. The van der Waals surface area contributed by atoms with Gasteiger partial charge >= 0.3 is 0 Å². The normalized spacial score (nSPS) is 10.8. The van der Waals surface area contributed by atoms with E-state index in [2.05, 4.69) is 5.32 Å². The lowest BCUT2D eigenvalue weighted by molar-refractivity contribution is 0.266. The molecule has 158 valence electrons. The van der Waals surface area contributed by atoms with Gasteiger partial charge < -0.3 is 14.8 Å². The topological polar surface area (TPSA) is 30.5 Å². The molecule has 30 heavy (non-hydrogen) atoms. The van der Waals surface area contributed by atoms with Gasteiger partial charge in [-0.3, -0.25) is 0 Å². The van der Waals surface area contributed by atoms with Gasteiger partial charge in [0, 0.05) is 32.7 Å². The van der Waals surface area contributed by atoms with Crippen LogP contribution in [0.3, 0.4) is 0 Å². The van der Waals surface area contributed by atoms with Crippen molar-refractivity contribution in [1.82, 2.24) is 5.32 Å². The fourth-order valence-corrected chi connectivity index (χ4v) is 3.76. The Labute approximate surface area is 192 Å². The molecule has 0 amide bonds. The Balaban J connectivity index is 1.66. The molecule has 0 aromatic heterocycles. The van der Waals surface area contributed by atoms with E-state index in [1.165, 1.54) is 0 Å². The summed E-state index contributed by atoms with van der Waals surface area (Å²) in [5, 5.41) is 5.47. The quantitative estimate of drug-likeness (QED) is 0.329.